The van der Waals surface area contributed by atoms with Crippen LogP contribution >= 0.6 is 11.8 Å². The predicted octanol–water partition coefficient (Wildman–Crippen LogP) is 6.64. The van der Waals surface area contributed by atoms with Crippen molar-refractivity contribution in [3.63, 3.8) is 0 Å². The van der Waals surface area contributed by atoms with E-state index in [1.54, 1.807) is 11.8 Å². The number of fused-ring (bicyclic) bond motifs is 1. The van der Waals surface area contributed by atoms with Crippen molar-refractivity contribution in [2.75, 3.05) is 5.75 Å². The zero-order valence-corrected chi connectivity index (χ0v) is 24.6. The van der Waals surface area contributed by atoms with Gasteiger partial charge in [-0.15, -0.1) is 11.8 Å². The van der Waals surface area contributed by atoms with Gasteiger partial charge in [-0.3, -0.25) is 9.78 Å². The predicted molar refractivity (Wildman–Crippen MR) is 167 cm³/mol. The van der Waals surface area contributed by atoms with Gasteiger partial charge in [0.25, 0.3) is 5.91 Å². The highest BCUT2D eigenvalue weighted by Gasteiger charge is 2.38. The minimum Gasteiger partial charge on any atom is -0.392 e. The lowest BCUT2D eigenvalue weighted by atomic mass is 9.91. The molecule has 4 aromatic carbocycles. The highest BCUT2D eigenvalue weighted by molar-refractivity contribution is 7.99. The largest absolute Gasteiger partial charge is 0.392 e. The summed E-state index contributed by atoms with van der Waals surface area (Å²) in [5.74, 6) is 0.627. The number of carbonyl (C=O) groups is 1. The number of amides is 1. The number of nitrogens with one attached hydrogen (secondary N) is 1. The molecule has 0 radical (unpaired) electrons. The number of carbonyl (C=O) groups excluding carboxylic acids is 1. The van der Waals surface area contributed by atoms with E-state index in [1.807, 2.05) is 91.0 Å². The fraction of sp³-hybridized carbons (Fsp3) is 0.229. The molecule has 1 aliphatic rings. The summed E-state index contributed by atoms with van der Waals surface area (Å²) in [4.78, 5) is 22.7. The lowest BCUT2D eigenvalue weighted by Gasteiger charge is -2.41. The van der Waals surface area contributed by atoms with Gasteiger partial charge >= 0.3 is 0 Å². The number of para-hydroxylation sites is 2. The molecule has 4 atom stereocenters. The van der Waals surface area contributed by atoms with Crippen LogP contribution in [-0.4, -0.2) is 32.8 Å². The van der Waals surface area contributed by atoms with Crippen molar-refractivity contribution in [2.24, 2.45) is 5.92 Å². The number of benzene rings is 4. The molecule has 1 amide bonds. The number of hydrogen-bond donors (Lipinski definition) is 2. The second kappa shape index (κ2) is 13.5. The van der Waals surface area contributed by atoms with Gasteiger partial charge in [-0.2, -0.15) is 0 Å². The standard InChI is InChI=1S/C35H33N3O4S/c1-23-32(22-43-28-7-3-2-4-8-28)41-35(42-33(23)26-15-13-25(21-39)14-16-26)27-17-11-24(12-18-27)19-37-34(40)31-20-36-29-9-5-6-10-30(29)38-31/h2-18,20,23,32-33,35,39H,19,21-22H2,1H3,(H,37,40). The molecule has 5 aromatic rings. The van der Waals surface area contributed by atoms with Gasteiger partial charge in [0.2, 0.25) is 0 Å². The van der Waals surface area contributed by atoms with E-state index >= 15 is 0 Å². The number of nitrogens with zero attached hydrogens (tertiary/aromatic N) is 2. The Morgan fingerprint density at radius 2 is 1.51 bits per heavy atom. The molecule has 1 aromatic heterocycles. The molecule has 0 saturated carbocycles. The third-order valence-corrected chi connectivity index (χ3v) is 8.77. The molecule has 218 valence electrons. The highest BCUT2D eigenvalue weighted by Crippen LogP contribution is 2.43. The number of hydrogen-bond acceptors (Lipinski definition) is 7. The van der Waals surface area contributed by atoms with E-state index in [2.05, 4.69) is 34.3 Å². The van der Waals surface area contributed by atoms with Crippen LogP contribution in [0.4, 0.5) is 0 Å². The quantitative estimate of drug-likeness (QED) is 0.186. The zero-order valence-electron chi connectivity index (χ0n) is 23.8. The van der Waals surface area contributed by atoms with E-state index in [-0.39, 0.29) is 36.3 Å². The fourth-order valence-electron chi connectivity index (χ4n) is 5.14. The summed E-state index contributed by atoms with van der Waals surface area (Å²) in [7, 11) is 0. The van der Waals surface area contributed by atoms with Crippen LogP contribution in [0.5, 0.6) is 0 Å². The molecule has 2 N–H and O–H groups in total. The number of ether oxygens (including phenoxy) is 2. The van der Waals surface area contributed by atoms with Crippen LogP contribution in [-0.2, 0) is 22.6 Å². The number of rotatable bonds is 9. The lowest BCUT2D eigenvalue weighted by molar-refractivity contribution is -0.268. The Kier molecular flexibility index (Phi) is 9.10. The Labute approximate surface area is 255 Å². The van der Waals surface area contributed by atoms with Crippen molar-refractivity contribution in [3.05, 3.63) is 137 Å². The molecule has 0 bridgehead atoms. The van der Waals surface area contributed by atoms with Gasteiger partial charge in [0, 0.05) is 28.7 Å². The maximum Gasteiger partial charge on any atom is 0.271 e. The molecular formula is C35H33N3O4S. The van der Waals surface area contributed by atoms with Crippen molar-refractivity contribution >= 4 is 28.7 Å². The Morgan fingerprint density at radius 1 is 0.837 bits per heavy atom. The first-order chi connectivity index (χ1) is 21.1. The zero-order chi connectivity index (χ0) is 29.6. The van der Waals surface area contributed by atoms with Gasteiger partial charge in [-0.25, -0.2) is 4.98 Å². The van der Waals surface area contributed by atoms with Crippen molar-refractivity contribution < 1.29 is 19.4 Å². The molecule has 7 nitrogen and oxygen atoms in total. The van der Waals surface area contributed by atoms with Crippen LogP contribution in [0.3, 0.4) is 0 Å². The van der Waals surface area contributed by atoms with Crippen LogP contribution in [0.15, 0.2) is 114 Å². The Balaban J connectivity index is 1.15. The van der Waals surface area contributed by atoms with Crippen molar-refractivity contribution in [2.45, 2.75) is 43.5 Å². The Morgan fingerprint density at radius 3 is 2.26 bits per heavy atom. The minimum atomic E-state index is -0.545. The first kappa shape index (κ1) is 29.0. The summed E-state index contributed by atoms with van der Waals surface area (Å²) in [5, 5.41) is 12.4. The minimum absolute atomic E-state index is 0.00585. The van der Waals surface area contributed by atoms with Crippen molar-refractivity contribution in [3.8, 4) is 0 Å². The summed E-state index contributed by atoms with van der Waals surface area (Å²) in [6.07, 6.45) is 0.736. The molecule has 1 fully saturated rings. The lowest BCUT2D eigenvalue weighted by Crippen LogP contribution is -2.38. The molecule has 0 spiro atoms. The first-order valence-electron chi connectivity index (χ1n) is 14.3. The van der Waals surface area contributed by atoms with Crippen LogP contribution in [0.1, 0.15) is 52.1 Å². The maximum absolute atomic E-state index is 12.7. The number of aliphatic hydroxyl groups is 1. The maximum atomic E-state index is 12.7. The molecular weight excluding hydrogens is 558 g/mol. The van der Waals surface area contributed by atoms with Gasteiger partial charge in [0.1, 0.15) is 5.69 Å². The number of aromatic nitrogens is 2. The van der Waals surface area contributed by atoms with Crippen molar-refractivity contribution in [1.29, 1.82) is 0 Å². The molecule has 8 heteroatoms. The summed E-state index contributed by atoms with van der Waals surface area (Å²) >= 11 is 1.78. The summed E-state index contributed by atoms with van der Waals surface area (Å²) in [6, 6.07) is 33.7. The number of thioether (sulfide) groups is 1. The van der Waals surface area contributed by atoms with Gasteiger partial charge in [-0.1, -0.05) is 85.8 Å². The van der Waals surface area contributed by atoms with Crippen molar-refractivity contribution in [1.82, 2.24) is 15.3 Å². The van der Waals surface area contributed by atoms with Crippen LogP contribution in [0.25, 0.3) is 11.0 Å². The molecule has 4 unspecified atom stereocenters. The van der Waals surface area contributed by atoms with Gasteiger partial charge < -0.3 is 19.9 Å². The number of aliphatic hydroxyl groups excluding tert-OH is 1. The van der Waals surface area contributed by atoms with E-state index in [4.69, 9.17) is 9.47 Å². The molecule has 43 heavy (non-hydrogen) atoms. The monoisotopic (exact) mass is 591 g/mol. The third-order valence-electron chi connectivity index (χ3n) is 7.67. The first-order valence-corrected chi connectivity index (χ1v) is 15.3. The van der Waals surface area contributed by atoms with E-state index in [9.17, 15) is 9.90 Å². The van der Waals surface area contributed by atoms with E-state index in [0.717, 1.165) is 33.5 Å². The van der Waals surface area contributed by atoms with E-state index < -0.39 is 6.29 Å². The second-order valence-electron chi connectivity index (χ2n) is 10.6. The average Bonchev–Trinajstić information content (AvgIpc) is 3.07. The third kappa shape index (κ3) is 6.95. The average molecular weight is 592 g/mol. The van der Waals surface area contributed by atoms with Crippen LogP contribution in [0.2, 0.25) is 0 Å². The molecule has 2 heterocycles. The van der Waals surface area contributed by atoms with E-state index in [0.29, 0.717) is 12.1 Å². The van der Waals surface area contributed by atoms with Gasteiger partial charge in [0.05, 0.1) is 36.0 Å². The smallest absolute Gasteiger partial charge is 0.271 e. The summed E-state index contributed by atoms with van der Waals surface area (Å²) in [6.45, 7) is 2.53. The SMILES string of the molecule is CC1C(CSc2ccccc2)OC(c2ccc(CNC(=O)c3cnc4ccccc4n3)cc2)OC1c1ccc(CO)cc1. The normalized spacial score (nSPS) is 20.1. The Bertz CT molecular complexity index is 1670. The van der Waals surface area contributed by atoms with E-state index in [1.165, 1.54) is 11.1 Å². The van der Waals surface area contributed by atoms with Gasteiger partial charge in [0.15, 0.2) is 6.29 Å². The molecule has 0 aliphatic carbocycles. The highest BCUT2D eigenvalue weighted by atomic mass is 32.2. The van der Waals surface area contributed by atoms with Crippen LogP contribution < -0.4 is 5.32 Å². The molecule has 1 saturated heterocycles. The van der Waals surface area contributed by atoms with Gasteiger partial charge in [-0.05, 0) is 41.0 Å². The second-order valence-corrected chi connectivity index (χ2v) is 11.7. The Hall–Kier alpha value is -4.08. The fourth-order valence-corrected chi connectivity index (χ4v) is 6.23. The molecule has 6 rings (SSSR count). The summed E-state index contributed by atoms with van der Waals surface area (Å²) < 4.78 is 13.1. The topological polar surface area (TPSA) is 93.6 Å². The summed E-state index contributed by atoms with van der Waals surface area (Å²) in [5.41, 5.74) is 5.50. The molecule has 1 aliphatic heterocycles. The van der Waals surface area contributed by atoms with Crippen LogP contribution in [0, 0.1) is 5.92 Å².